The lowest BCUT2D eigenvalue weighted by atomic mass is 10.1. The second kappa shape index (κ2) is 6.48. The van der Waals surface area contributed by atoms with Crippen molar-refractivity contribution in [2.45, 2.75) is 24.7 Å². The number of piperazine rings is 1. The molecule has 8 nitrogen and oxygen atoms in total. The number of amides is 1. The van der Waals surface area contributed by atoms with Gasteiger partial charge in [0.15, 0.2) is 5.78 Å². The zero-order chi connectivity index (χ0) is 19.1. The Kier molecular flexibility index (Phi) is 4.61. The number of carboxylic acid groups (broad SMARTS) is 1. The Morgan fingerprint density at radius 2 is 1.54 bits per heavy atom. The number of carbonyl (C=O) groups is 3. The van der Waals surface area contributed by atoms with Crippen LogP contribution in [0, 0.1) is 5.41 Å². The summed E-state index contributed by atoms with van der Waals surface area (Å²) >= 11 is 0. The predicted molar refractivity (Wildman–Crippen MR) is 91.1 cm³/mol. The molecule has 3 rings (SSSR count). The van der Waals surface area contributed by atoms with Crippen molar-refractivity contribution in [3.05, 3.63) is 29.8 Å². The number of hydrogen-bond acceptors (Lipinski definition) is 5. The van der Waals surface area contributed by atoms with E-state index in [9.17, 15) is 27.9 Å². The van der Waals surface area contributed by atoms with Crippen LogP contribution in [-0.2, 0) is 19.6 Å². The average Bonchev–Trinajstić information content (AvgIpc) is 3.43. The first kappa shape index (κ1) is 18.5. The largest absolute Gasteiger partial charge is 0.480 e. The second-order valence-electron chi connectivity index (χ2n) is 6.66. The molecular weight excluding hydrogens is 360 g/mol. The van der Waals surface area contributed by atoms with Crippen LogP contribution in [0.3, 0.4) is 0 Å². The van der Waals surface area contributed by atoms with Crippen LogP contribution >= 0.6 is 0 Å². The number of carboxylic acids is 1. The Hall–Kier alpha value is -2.26. The smallest absolute Gasteiger partial charge is 0.319 e. The van der Waals surface area contributed by atoms with Crippen molar-refractivity contribution >= 4 is 27.7 Å². The molecular formula is C17H20N2O6S. The van der Waals surface area contributed by atoms with Crippen LogP contribution in [0.15, 0.2) is 29.2 Å². The summed E-state index contributed by atoms with van der Waals surface area (Å²) in [6, 6.07) is 5.73. The summed E-state index contributed by atoms with van der Waals surface area (Å²) < 4.78 is 26.7. The number of aliphatic carboxylic acids is 1. The Morgan fingerprint density at radius 1 is 1.00 bits per heavy atom. The van der Waals surface area contributed by atoms with Crippen LogP contribution in [0.2, 0.25) is 0 Å². The highest BCUT2D eigenvalue weighted by Crippen LogP contribution is 2.47. The van der Waals surface area contributed by atoms with Gasteiger partial charge in [-0.15, -0.1) is 0 Å². The van der Waals surface area contributed by atoms with Crippen LogP contribution in [0.5, 0.6) is 0 Å². The quantitative estimate of drug-likeness (QED) is 0.591. The maximum absolute atomic E-state index is 12.7. The van der Waals surface area contributed by atoms with Crippen molar-refractivity contribution in [3.8, 4) is 0 Å². The van der Waals surface area contributed by atoms with E-state index in [2.05, 4.69) is 0 Å². The summed E-state index contributed by atoms with van der Waals surface area (Å²) in [5.41, 5.74) is -0.869. The molecule has 0 unspecified atom stereocenters. The van der Waals surface area contributed by atoms with Gasteiger partial charge in [-0.1, -0.05) is 12.1 Å². The lowest BCUT2D eigenvalue weighted by Gasteiger charge is -2.35. The molecule has 26 heavy (non-hydrogen) atoms. The molecule has 0 bridgehead atoms. The molecule has 1 saturated carbocycles. The monoisotopic (exact) mass is 380 g/mol. The Morgan fingerprint density at radius 3 is 1.96 bits per heavy atom. The van der Waals surface area contributed by atoms with Gasteiger partial charge in [0.25, 0.3) is 0 Å². The van der Waals surface area contributed by atoms with Crippen LogP contribution in [0.25, 0.3) is 0 Å². The molecule has 1 aliphatic carbocycles. The number of hydrogen-bond donors (Lipinski definition) is 1. The third kappa shape index (κ3) is 3.12. The van der Waals surface area contributed by atoms with E-state index in [4.69, 9.17) is 0 Å². The van der Waals surface area contributed by atoms with E-state index < -0.39 is 27.3 Å². The third-order valence-electron chi connectivity index (χ3n) is 4.99. The normalized spacial score (nSPS) is 19.8. The van der Waals surface area contributed by atoms with E-state index in [1.165, 1.54) is 40.4 Å². The number of carbonyl (C=O) groups excluding carboxylic acids is 2. The fraction of sp³-hybridized carbons (Fsp3) is 0.471. The van der Waals surface area contributed by atoms with E-state index in [0.717, 1.165) is 0 Å². The van der Waals surface area contributed by atoms with E-state index in [1.807, 2.05) is 0 Å². The molecule has 1 saturated heterocycles. The number of sulfonamides is 1. The molecule has 0 radical (unpaired) electrons. The fourth-order valence-corrected chi connectivity index (χ4v) is 4.51. The maximum atomic E-state index is 12.7. The van der Waals surface area contributed by atoms with E-state index >= 15 is 0 Å². The minimum Gasteiger partial charge on any atom is -0.480 e. The van der Waals surface area contributed by atoms with Gasteiger partial charge < -0.3 is 10.0 Å². The number of nitrogens with zero attached hydrogens (tertiary/aromatic N) is 2. The number of benzene rings is 1. The first-order valence-electron chi connectivity index (χ1n) is 8.32. The van der Waals surface area contributed by atoms with Crippen molar-refractivity contribution in [2.75, 3.05) is 26.2 Å². The fourth-order valence-electron chi connectivity index (χ4n) is 3.09. The van der Waals surface area contributed by atoms with Gasteiger partial charge in [-0.05, 0) is 31.9 Å². The van der Waals surface area contributed by atoms with Crippen molar-refractivity contribution in [2.24, 2.45) is 5.41 Å². The molecule has 1 amide bonds. The highest BCUT2D eigenvalue weighted by Gasteiger charge is 2.58. The standard InChI is InChI=1S/C17H20N2O6S/c1-12(20)13-2-4-14(5-3-13)26(24,25)19-10-8-18(9-11-19)15(21)17(6-7-17)16(22)23/h2-5H,6-11H2,1H3,(H,22,23). The predicted octanol–water partition coefficient (Wildman–Crippen LogP) is 0.587. The molecule has 0 aromatic heterocycles. The summed E-state index contributed by atoms with van der Waals surface area (Å²) in [6.07, 6.45) is 0.671. The molecule has 0 atom stereocenters. The van der Waals surface area contributed by atoms with Gasteiger partial charge in [-0.25, -0.2) is 8.42 Å². The van der Waals surface area contributed by atoms with Crippen molar-refractivity contribution in [1.29, 1.82) is 0 Å². The van der Waals surface area contributed by atoms with Gasteiger partial charge in [0.2, 0.25) is 15.9 Å². The molecule has 1 aliphatic heterocycles. The Labute approximate surface area is 151 Å². The van der Waals surface area contributed by atoms with Crippen LogP contribution < -0.4 is 0 Å². The molecule has 140 valence electrons. The number of rotatable bonds is 5. The summed E-state index contributed by atoms with van der Waals surface area (Å²) in [5, 5.41) is 9.22. The lowest BCUT2D eigenvalue weighted by molar-refractivity contribution is -0.154. The van der Waals surface area contributed by atoms with Gasteiger partial charge in [0, 0.05) is 31.7 Å². The lowest BCUT2D eigenvalue weighted by Crippen LogP contribution is -2.53. The molecule has 2 fully saturated rings. The van der Waals surface area contributed by atoms with Crippen molar-refractivity contribution in [1.82, 2.24) is 9.21 Å². The number of Topliss-reactive ketones (excluding diaryl/α,β-unsaturated/α-hetero) is 1. The molecule has 1 heterocycles. The molecule has 1 aromatic rings. The van der Waals surface area contributed by atoms with E-state index in [0.29, 0.717) is 18.4 Å². The first-order valence-corrected chi connectivity index (χ1v) is 9.76. The summed E-state index contributed by atoms with van der Waals surface area (Å²) in [5.74, 6) is -1.68. The highest BCUT2D eigenvalue weighted by molar-refractivity contribution is 7.89. The van der Waals surface area contributed by atoms with E-state index in [-0.39, 0.29) is 36.9 Å². The average molecular weight is 380 g/mol. The minimum atomic E-state index is -3.72. The van der Waals surface area contributed by atoms with Crippen molar-refractivity contribution in [3.63, 3.8) is 0 Å². The van der Waals surface area contributed by atoms with Gasteiger partial charge in [0.05, 0.1) is 4.90 Å². The zero-order valence-electron chi connectivity index (χ0n) is 14.3. The molecule has 2 aliphatic rings. The van der Waals surface area contributed by atoms with Crippen LogP contribution in [0.4, 0.5) is 0 Å². The third-order valence-corrected chi connectivity index (χ3v) is 6.91. The topological polar surface area (TPSA) is 112 Å². The Bertz CT molecular complexity index is 850. The number of ketones is 1. The first-order chi connectivity index (χ1) is 12.2. The Balaban J connectivity index is 1.68. The van der Waals surface area contributed by atoms with Gasteiger partial charge in [0.1, 0.15) is 5.41 Å². The highest BCUT2D eigenvalue weighted by atomic mass is 32.2. The minimum absolute atomic E-state index is 0.0893. The molecule has 1 aromatic carbocycles. The maximum Gasteiger partial charge on any atom is 0.319 e. The van der Waals surface area contributed by atoms with Crippen LogP contribution in [0.1, 0.15) is 30.1 Å². The molecule has 0 spiro atoms. The van der Waals surface area contributed by atoms with Gasteiger partial charge in [-0.2, -0.15) is 4.31 Å². The zero-order valence-corrected chi connectivity index (χ0v) is 15.2. The molecule has 9 heteroatoms. The summed E-state index contributed by atoms with van der Waals surface area (Å²) in [7, 11) is -3.72. The molecule has 1 N–H and O–H groups in total. The van der Waals surface area contributed by atoms with Crippen molar-refractivity contribution < 1.29 is 27.9 Å². The second-order valence-corrected chi connectivity index (χ2v) is 8.60. The summed E-state index contributed by atoms with van der Waals surface area (Å²) in [6.45, 7) is 1.96. The van der Waals surface area contributed by atoms with E-state index in [1.54, 1.807) is 0 Å². The summed E-state index contributed by atoms with van der Waals surface area (Å²) in [4.78, 5) is 36.5. The van der Waals surface area contributed by atoms with Gasteiger partial charge in [-0.3, -0.25) is 14.4 Å². The van der Waals surface area contributed by atoms with Crippen LogP contribution in [-0.4, -0.2) is 66.6 Å². The van der Waals surface area contributed by atoms with Gasteiger partial charge >= 0.3 is 5.97 Å². The SMILES string of the molecule is CC(=O)c1ccc(S(=O)(=O)N2CCN(C(=O)C3(C(=O)O)CC3)CC2)cc1.